The number of benzene rings is 1. The molecular weight excluding hydrogens is 444 g/mol. The molecule has 10 nitrogen and oxygen atoms in total. The standard InChI is InChI=1S/C22H19F2N9O/c1-3-34-16-5-4-13(20(23)21(16)24)10-18-30-31-19-11-15(26-12-33(18)19)14-6-8-25-22(28-14)29-17-7-9-27-32(17)2/h4-9,11-12H,3,10H2,1-2H3,(H,25,28,29). The lowest BCUT2D eigenvalue weighted by molar-refractivity contribution is 0.313. The number of hydrogen-bond acceptors (Lipinski definition) is 8. The third kappa shape index (κ3) is 4.00. The Kier molecular flexibility index (Phi) is 5.54. The SMILES string of the molecule is CCOc1ccc(Cc2nnc3cc(-c4ccnc(Nc5ccnn5C)n4)ncn23)c(F)c1F. The van der Waals surface area contributed by atoms with Gasteiger partial charge in [-0.2, -0.15) is 9.49 Å². The van der Waals surface area contributed by atoms with Gasteiger partial charge in [0.1, 0.15) is 18.0 Å². The molecule has 0 amide bonds. The molecule has 0 aliphatic heterocycles. The number of aromatic nitrogens is 8. The molecule has 12 heteroatoms. The summed E-state index contributed by atoms with van der Waals surface area (Å²) in [6.07, 6.45) is 4.84. The minimum absolute atomic E-state index is 0.0314. The quantitative estimate of drug-likeness (QED) is 0.392. The van der Waals surface area contributed by atoms with Crippen molar-refractivity contribution in [1.29, 1.82) is 0 Å². The number of rotatable bonds is 7. The van der Waals surface area contributed by atoms with Crippen LogP contribution < -0.4 is 10.1 Å². The van der Waals surface area contributed by atoms with Crippen LogP contribution in [0.15, 0.2) is 49.1 Å². The molecule has 0 atom stereocenters. The third-order valence-electron chi connectivity index (χ3n) is 5.12. The van der Waals surface area contributed by atoms with E-state index in [0.717, 1.165) is 5.82 Å². The van der Waals surface area contributed by atoms with Gasteiger partial charge < -0.3 is 10.1 Å². The minimum atomic E-state index is -1.02. The highest BCUT2D eigenvalue weighted by atomic mass is 19.2. The van der Waals surface area contributed by atoms with E-state index in [9.17, 15) is 8.78 Å². The summed E-state index contributed by atoms with van der Waals surface area (Å²) >= 11 is 0. The van der Waals surface area contributed by atoms with Crippen molar-refractivity contribution in [1.82, 2.24) is 39.3 Å². The molecule has 0 saturated heterocycles. The number of hydrogen-bond donors (Lipinski definition) is 1. The van der Waals surface area contributed by atoms with E-state index in [4.69, 9.17) is 4.74 Å². The number of halogens is 2. The first-order chi connectivity index (χ1) is 16.5. The highest BCUT2D eigenvalue weighted by Gasteiger charge is 2.17. The molecule has 4 aromatic heterocycles. The largest absolute Gasteiger partial charge is 0.491 e. The van der Waals surface area contributed by atoms with Crippen LogP contribution >= 0.6 is 0 Å². The van der Waals surface area contributed by atoms with Crippen molar-refractivity contribution in [2.24, 2.45) is 7.05 Å². The predicted molar refractivity (Wildman–Crippen MR) is 119 cm³/mol. The average molecular weight is 463 g/mol. The van der Waals surface area contributed by atoms with E-state index in [0.29, 0.717) is 28.8 Å². The Labute approximate surface area is 192 Å². The van der Waals surface area contributed by atoms with E-state index in [1.807, 2.05) is 0 Å². The number of nitrogens with one attached hydrogen (secondary N) is 1. The second-order valence-electron chi connectivity index (χ2n) is 7.31. The summed E-state index contributed by atoms with van der Waals surface area (Å²) in [6, 6.07) is 8.12. The van der Waals surface area contributed by atoms with Crippen molar-refractivity contribution in [2.45, 2.75) is 13.3 Å². The fraction of sp³-hybridized carbons (Fsp3) is 0.182. The van der Waals surface area contributed by atoms with Crippen LogP contribution in [0, 0.1) is 11.6 Å². The van der Waals surface area contributed by atoms with E-state index < -0.39 is 11.6 Å². The van der Waals surface area contributed by atoms with Gasteiger partial charge in [-0.15, -0.1) is 10.2 Å². The number of nitrogens with zero attached hydrogens (tertiary/aromatic N) is 8. The third-order valence-corrected chi connectivity index (χ3v) is 5.12. The lowest BCUT2D eigenvalue weighted by Crippen LogP contribution is -2.04. The van der Waals surface area contributed by atoms with Crippen molar-refractivity contribution in [3.63, 3.8) is 0 Å². The van der Waals surface area contributed by atoms with E-state index in [2.05, 4.69) is 35.6 Å². The van der Waals surface area contributed by atoms with E-state index in [1.165, 1.54) is 18.5 Å². The number of ether oxygens (including phenoxy) is 1. The Balaban J connectivity index is 1.41. The molecule has 4 heterocycles. The van der Waals surface area contributed by atoms with Gasteiger partial charge >= 0.3 is 0 Å². The van der Waals surface area contributed by atoms with Gasteiger partial charge in [0, 0.05) is 31.8 Å². The second kappa shape index (κ2) is 8.81. The van der Waals surface area contributed by atoms with E-state index in [1.54, 1.807) is 53.6 Å². The first kappa shape index (κ1) is 21.4. The molecule has 1 N–H and O–H groups in total. The van der Waals surface area contributed by atoms with E-state index >= 15 is 0 Å². The highest BCUT2D eigenvalue weighted by molar-refractivity contribution is 5.61. The van der Waals surface area contributed by atoms with Gasteiger partial charge in [-0.3, -0.25) is 9.08 Å². The van der Waals surface area contributed by atoms with Crippen LogP contribution in [0.1, 0.15) is 18.3 Å². The van der Waals surface area contributed by atoms with Crippen LogP contribution in [-0.4, -0.2) is 45.9 Å². The first-order valence-electron chi connectivity index (χ1n) is 10.4. The fourth-order valence-corrected chi connectivity index (χ4v) is 3.42. The van der Waals surface area contributed by atoms with Crippen molar-refractivity contribution in [3.05, 3.63) is 72.1 Å². The van der Waals surface area contributed by atoms with Crippen LogP contribution in [0.2, 0.25) is 0 Å². The predicted octanol–water partition coefficient (Wildman–Crippen LogP) is 3.33. The molecular formula is C22H19F2N9O. The lowest BCUT2D eigenvalue weighted by Gasteiger charge is -2.08. The number of aryl methyl sites for hydroxylation is 1. The van der Waals surface area contributed by atoms with Gasteiger partial charge in [-0.05, 0) is 24.6 Å². The number of anilines is 2. The topological polar surface area (TPSA) is 108 Å². The molecule has 172 valence electrons. The van der Waals surface area contributed by atoms with Crippen LogP contribution in [0.3, 0.4) is 0 Å². The molecule has 0 bridgehead atoms. The zero-order chi connectivity index (χ0) is 23.7. The zero-order valence-corrected chi connectivity index (χ0v) is 18.3. The molecule has 0 aliphatic carbocycles. The molecule has 5 rings (SSSR count). The lowest BCUT2D eigenvalue weighted by atomic mass is 10.1. The van der Waals surface area contributed by atoms with Crippen LogP contribution in [0.4, 0.5) is 20.5 Å². The monoisotopic (exact) mass is 463 g/mol. The maximum Gasteiger partial charge on any atom is 0.228 e. The Bertz CT molecular complexity index is 1480. The second-order valence-corrected chi connectivity index (χ2v) is 7.31. The summed E-state index contributed by atoms with van der Waals surface area (Å²) in [5.74, 6) is -0.575. The summed E-state index contributed by atoms with van der Waals surface area (Å²) in [5, 5.41) is 15.5. The fourth-order valence-electron chi connectivity index (χ4n) is 3.42. The number of fused-ring (bicyclic) bond motifs is 1. The molecule has 0 aliphatic rings. The van der Waals surface area contributed by atoms with Gasteiger partial charge in [-0.25, -0.2) is 19.3 Å². The van der Waals surface area contributed by atoms with Crippen molar-refractivity contribution in [2.75, 3.05) is 11.9 Å². The Morgan fingerprint density at radius 1 is 1.00 bits per heavy atom. The van der Waals surface area contributed by atoms with Gasteiger partial charge in [-0.1, -0.05) is 6.07 Å². The van der Waals surface area contributed by atoms with Gasteiger partial charge in [0.05, 0.1) is 24.2 Å². The van der Waals surface area contributed by atoms with Crippen molar-refractivity contribution >= 4 is 17.4 Å². The summed E-state index contributed by atoms with van der Waals surface area (Å²) < 4.78 is 37.1. The summed E-state index contributed by atoms with van der Waals surface area (Å²) in [7, 11) is 1.80. The zero-order valence-electron chi connectivity index (χ0n) is 18.3. The summed E-state index contributed by atoms with van der Waals surface area (Å²) in [6.45, 7) is 1.94. The average Bonchev–Trinajstić information content (AvgIpc) is 3.44. The first-order valence-corrected chi connectivity index (χ1v) is 10.4. The molecule has 0 saturated carbocycles. The summed E-state index contributed by atoms with van der Waals surface area (Å²) in [5.41, 5.74) is 1.76. The van der Waals surface area contributed by atoms with Gasteiger partial charge in [0.15, 0.2) is 17.2 Å². The molecule has 0 radical (unpaired) electrons. The molecule has 1 aromatic carbocycles. The van der Waals surface area contributed by atoms with Crippen molar-refractivity contribution in [3.8, 4) is 17.1 Å². The maximum absolute atomic E-state index is 14.5. The van der Waals surface area contributed by atoms with Gasteiger partial charge in [0.25, 0.3) is 0 Å². The Morgan fingerprint density at radius 3 is 2.68 bits per heavy atom. The van der Waals surface area contributed by atoms with Gasteiger partial charge in [0.2, 0.25) is 11.8 Å². The van der Waals surface area contributed by atoms with E-state index in [-0.39, 0.29) is 24.3 Å². The normalized spacial score (nSPS) is 11.2. The molecule has 34 heavy (non-hydrogen) atoms. The molecule has 5 aromatic rings. The smallest absolute Gasteiger partial charge is 0.228 e. The molecule has 0 fully saturated rings. The van der Waals surface area contributed by atoms with Crippen LogP contribution in [0.5, 0.6) is 5.75 Å². The Morgan fingerprint density at radius 2 is 1.88 bits per heavy atom. The van der Waals surface area contributed by atoms with Crippen LogP contribution in [-0.2, 0) is 13.5 Å². The van der Waals surface area contributed by atoms with Crippen LogP contribution in [0.25, 0.3) is 17.0 Å². The minimum Gasteiger partial charge on any atom is -0.491 e. The molecule has 0 spiro atoms. The molecule has 0 unspecified atom stereocenters. The maximum atomic E-state index is 14.5. The highest BCUT2D eigenvalue weighted by Crippen LogP contribution is 2.25. The summed E-state index contributed by atoms with van der Waals surface area (Å²) in [4.78, 5) is 13.2. The van der Waals surface area contributed by atoms with Crippen molar-refractivity contribution < 1.29 is 13.5 Å². The Hall–Kier alpha value is -4.48.